The van der Waals surface area contributed by atoms with Gasteiger partial charge in [-0.05, 0) is 23.4 Å². The van der Waals surface area contributed by atoms with Crippen LogP contribution < -0.4 is 0 Å². The summed E-state index contributed by atoms with van der Waals surface area (Å²) in [5.74, 6) is 0. The lowest BCUT2D eigenvalue weighted by Crippen LogP contribution is -2.00. The summed E-state index contributed by atoms with van der Waals surface area (Å²) in [5, 5.41) is 1.45. The molecule has 0 aliphatic carbocycles. The van der Waals surface area contributed by atoms with Gasteiger partial charge in [-0.3, -0.25) is 4.55 Å². The fraction of sp³-hybridized carbons (Fsp3) is 0.167. The fourth-order valence-corrected chi connectivity index (χ4v) is 2.56. The van der Waals surface area contributed by atoms with Crippen molar-refractivity contribution in [2.75, 3.05) is 0 Å². The summed E-state index contributed by atoms with van der Waals surface area (Å²) in [6.07, 6.45) is 0.826. The van der Waals surface area contributed by atoms with Gasteiger partial charge in [0, 0.05) is 5.39 Å². The first kappa shape index (κ1) is 11.1. The van der Waals surface area contributed by atoms with E-state index in [-0.39, 0.29) is 4.90 Å². The van der Waals surface area contributed by atoms with E-state index in [1.165, 1.54) is 6.07 Å². The highest BCUT2D eigenvalue weighted by Crippen LogP contribution is 2.26. The normalized spacial score (nSPS) is 11.9. The highest BCUT2D eigenvalue weighted by atomic mass is 32.2. The smallest absolute Gasteiger partial charge is 0.282 e. The van der Waals surface area contributed by atoms with Gasteiger partial charge in [0.1, 0.15) is 4.90 Å². The van der Waals surface area contributed by atoms with E-state index in [4.69, 9.17) is 4.55 Å². The third-order valence-corrected chi connectivity index (χ3v) is 3.54. The van der Waals surface area contributed by atoms with Crippen molar-refractivity contribution < 1.29 is 13.0 Å². The van der Waals surface area contributed by atoms with Crippen molar-refractivity contribution in [2.24, 2.45) is 0 Å². The first-order valence-electron chi connectivity index (χ1n) is 5.02. The van der Waals surface area contributed by atoms with Crippen molar-refractivity contribution in [3.8, 4) is 0 Å². The van der Waals surface area contributed by atoms with Gasteiger partial charge in [0.2, 0.25) is 0 Å². The van der Waals surface area contributed by atoms with Gasteiger partial charge in [-0.15, -0.1) is 0 Å². The van der Waals surface area contributed by atoms with Gasteiger partial charge >= 0.3 is 0 Å². The Morgan fingerprint density at radius 3 is 2.25 bits per heavy atom. The number of benzene rings is 2. The average Bonchev–Trinajstić information content (AvgIpc) is 2.26. The Balaban J connectivity index is 2.91. The Morgan fingerprint density at radius 2 is 1.69 bits per heavy atom. The van der Waals surface area contributed by atoms with Gasteiger partial charge in [0.15, 0.2) is 0 Å². The molecule has 3 nitrogen and oxygen atoms in total. The zero-order chi connectivity index (χ0) is 11.8. The van der Waals surface area contributed by atoms with Crippen LogP contribution in [0, 0.1) is 0 Å². The van der Waals surface area contributed by atoms with Crippen LogP contribution in [0.25, 0.3) is 10.8 Å². The molecule has 2 rings (SSSR count). The van der Waals surface area contributed by atoms with Gasteiger partial charge in [-0.25, -0.2) is 0 Å². The van der Waals surface area contributed by atoms with Gasteiger partial charge in [0.05, 0.1) is 0 Å². The van der Waals surface area contributed by atoms with E-state index >= 15 is 0 Å². The zero-order valence-corrected chi connectivity index (χ0v) is 9.66. The first-order valence-corrected chi connectivity index (χ1v) is 6.46. The molecule has 0 unspecified atom stereocenters. The molecule has 0 bridgehead atoms. The molecule has 0 saturated heterocycles. The third-order valence-electron chi connectivity index (χ3n) is 2.63. The largest absolute Gasteiger partial charge is 0.295 e. The van der Waals surface area contributed by atoms with E-state index in [0.29, 0.717) is 5.39 Å². The van der Waals surface area contributed by atoms with Crippen molar-refractivity contribution in [1.29, 1.82) is 0 Å². The molecule has 1 N–H and O–H groups in total. The minimum Gasteiger partial charge on any atom is -0.282 e. The highest BCUT2D eigenvalue weighted by Gasteiger charge is 2.14. The average molecular weight is 236 g/mol. The topological polar surface area (TPSA) is 54.4 Å². The Kier molecular flexibility index (Phi) is 2.69. The van der Waals surface area contributed by atoms with Crippen molar-refractivity contribution in [3.63, 3.8) is 0 Å². The number of rotatable bonds is 2. The standard InChI is InChI=1S/C12H12O3S/c1-2-9-7-8-12(16(13,14)15)11-6-4-3-5-10(9)11/h3-8H,2H2,1H3,(H,13,14,15). The molecule has 0 spiro atoms. The Hall–Kier alpha value is -1.39. The Morgan fingerprint density at radius 1 is 1.06 bits per heavy atom. The van der Waals surface area contributed by atoms with Crippen LogP contribution in [0.5, 0.6) is 0 Å². The minimum absolute atomic E-state index is 0.0275. The molecule has 4 heteroatoms. The molecule has 0 heterocycles. The summed E-state index contributed by atoms with van der Waals surface area (Å²) in [6, 6.07) is 10.4. The molecule has 0 aromatic heterocycles. The number of fused-ring (bicyclic) bond motifs is 1. The number of hydrogen-bond acceptors (Lipinski definition) is 2. The van der Waals surface area contributed by atoms with Crippen LogP contribution in [-0.4, -0.2) is 13.0 Å². The first-order chi connectivity index (χ1) is 7.54. The predicted molar refractivity (Wildman–Crippen MR) is 63.1 cm³/mol. The molecular weight excluding hydrogens is 224 g/mol. The van der Waals surface area contributed by atoms with Gasteiger partial charge < -0.3 is 0 Å². The van der Waals surface area contributed by atoms with Gasteiger partial charge in [0.25, 0.3) is 10.1 Å². The molecule has 0 radical (unpaired) electrons. The molecule has 0 amide bonds. The molecular formula is C12H12O3S. The summed E-state index contributed by atoms with van der Waals surface area (Å²) in [7, 11) is -4.15. The van der Waals surface area contributed by atoms with E-state index in [1.54, 1.807) is 18.2 Å². The van der Waals surface area contributed by atoms with Crippen LogP contribution in [0.15, 0.2) is 41.3 Å². The second-order valence-electron chi connectivity index (χ2n) is 3.60. The monoisotopic (exact) mass is 236 g/mol. The predicted octanol–water partition coefficient (Wildman–Crippen LogP) is 2.65. The number of aryl methyl sites for hydroxylation is 1. The highest BCUT2D eigenvalue weighted by molar-refractivity contribution is 7.86. The lowest BCUT2D eigenvalue weighted by atomic mass is 10.0. The maximum absolute atomic E-state index is 11.2. The lowest BCUT2D eigenvalue weighted by Gasteiger charge is -2.07. The van der Waals surface area contributed by atoms with E-state index in [0.717, 1.165) is 17.4 Å². The zero-order valence-electron chi connectivity index (χ0n) is 8.84. The SMILES string of the molecule is CCc1ccc(S(=O)(=O)O)c2ccccc12. The summed E-state index contributed by atoms with van der Waals surface area (Å²) < 4.78 is 31.5. The Labute approximate surface area is 94.5 Å². The summed E-state index contributed by atoms with van der Waals surface area (Å²) in [6.45, 7) is 2.01. The molecule has 0 fully saturated rings. The molecule has 84 valence electrons. The second kappa shape index (κ2) is 3.88. The van der Waals surface area contributed by atoms with E-state index in [2.05, 4.69) is 0 Å². The molecule has 0 saturated carbocycles. The molecule has 2 aromatic rings. The maximum atomic E-state index is 11.2. The van der Waals surface area contributed by atoms with Crippen LogP contribution in [0.3, 0.4) is 0 Å². The third kappa shape index (κ3) is 1.81. The summed E-state index contributed by atoms with van der Waals surface area (Å²) >= 11 is 0. The van der Waals surface area contributed by atoms with Crippen molar-refractivity contribution >= 4 is 20.9 Å². The van der Waals surface area contributed by atoms with Gasteiger partial charge in [-0.1, -0.05) is 37.3 Å². The van der Waals surface area contributed by atoms with Crippen molar-refractivity contribution in [1.82, 2.24) is 0 Å². The van der Waals surface area contributed by atoms with Gasteiger partial charge in [-0.2, -0.15) is 8.42 Å². The van der Waals surface area contributed by atoms with Crippen molar-refractivity contribution in [3.05, 3.63) is 42.0 Å². The molecule has 0 atom stereocenters. The molecule has 2 aromatic carbocycles. The quantitative estimate of drug-likeness (QED) is 0.815. The maximum Gasteiger partial charge on any atom is 0.295 e. The summed E-state index contributed by atoms with van der Waals surface area (Å²) in [4.78, 5) is -0.0275. The minimum atomic E-state index is -4.15. The van der Waals surface area contributed by atoms with Crippen molar-refractivity contribution in [2.45, 2.75) is 18.2 Å². The van der Waals surface area contributed by atoms with E-state index in [1.807, 2.05) is 19.1 Å². The van der Waals surface area contributed by atoms with Crippen LogP contribution in [-0.2, 0) is 16.5 Å². The van der Waals surface area contributed by atoms with E-state index < -0.39 is 10.1 Å². The van der Waals surface area contributed by atoms with Crippen LogP contribution in [0.4, 0.5) is 0 Å². The van der Waals surface area contributed by atoms with Crippen LogP contribution >= 0.6 is 0 Å². The molecule has 0 aliphatic heterocycles. The van der Waals surface area contributed by atoms with Crippen LogP contribution in [0.2, 0.25) is 0 Å². The molecule has 0 aliphatic rings. The number of hydrogen-bond donors (Lipinski definition) is 1. The lowest BCUT2D eigenvalue weighted by molar-refractivity contribution is 0.484. The van der Waals surface area contributed by atoms with Crippen LogP contribution in [0.1, 0.15) is 12.5 Å². The fourth-order valence-electron chi connectivity index (χ4n) is 1.87. The Bertz CT molecular complexity index is 630. The summed E-state index contributed by atoms with van der Waals surface area (Å²) in [5.41, 5.74) is 1.07. The van der Waals surface area contributed by atoms with E-state index in [9.17, 15) is 8.42 Å². The molecule has 16 heavy (non-hydrogen) atoms. The second-order valence-corrected chi connectivity index (χ2v) is 4.99.